The van der Waals surface area contributed by atoms with E-state index in [4.69, 9.17) is 0 Å². The Hall–Kier alpha value is -1.04. The highest BCUT2D eigenvalue weighted by Crippen LogP contribution is 2.19. The number of aromatic amines is 1. The van der Waals surface area contributed by atoms with E-state index in [1.54, 1.807) is 0 Å². The summed E-state index contributed by atoms with van der Waals surface area (Å²) in [6, 6.07) is 0.268. The van der Waals surface area contributed by atoms with Gasteiger partial charge in [0.2, 0.25) is 5.82 Å². The van der Waals surface area contributed by atoms with Gasteiger partial charge in [-0.1, -0.05) is 20.8 Å². The van der Waals surface area contributed by atoms with Crippen LogP contribution in [0.15, 0.2) is 0 Å². The van der Waals surface area contributed by atoms with E-state index < -0.39 is 0 Å². The number of H-pyrrole nitrogens is 1. The predicted molar refractivity (Wildman–Crippen MR) is 68.3 cm³/mol. The highest BCUT2D eigenvalue weighted by atomic mass is 32.2. The van der Waals surface area contributed by atoms with Crippen LogP contribution in [0.2, 0.25) is 0 Å². The minimum atomic E-state index is -0.177. The molecule has 17 heavy (non-hydrogen) atoms. The maximum atomic E-state index is 11.9. The Bertz CT molecular complexity index is 404. The Morgan fingerprint density at radius 1 is 1.53 bits per heavy atom. The number of hydrogen-bond acceptors (Lipinski definition) is 4. The zero-order chi connectivity index (χ0) is 12.5. The Kier molecular flexibility index (Phi) is 3.42. The predicted octanol–water partition coefficient (Wildman–Crippen LogP) is 1.34. The third-order valence-electron chi connectivity index (χ3n) is 2.66. The van der Waals surface area contributed by atoms with Gasteiger partial charge in [-0.05, 0) is 12.2 Å². The molecule has 94 valence electrons. The Morgan fingerprint density at radius 3 is 2.82 bits per heavy atom. The molecule has 1 aliphatic rings. The molecule has 1 unspecified atom stereocenters. The van der Waals surface area contributed by atoms with Gasteiger partial charge in [0.15, 0.2) is 0 Å². The lowest BCUT2D eigenvalue weighted by atomic mass is 9.96. The van der Waals surface area contributed by atoms with Gasteiger partial charge in [-0.25, -0.2) is 4.98 Å². The molecule has 2 rings (SSSR count). The van der Waals surface area contributed by atoms with Crippen LogP contribution in [0.1, 0.15) is 43.6 Å². The number of thioether (sulfide) groups is 1. The zero-order valence-electron chi connectivity index (χ0n) is 10.4. The van der Waals surface area contributed by atoms with Crippen molar-refractivity contribution in [3.63, 3.8) is 0 Å². The average Bonchev–Trinajstić information content (AvgIpc) is 2.85. The molecule has 2 N–H and O–H groups in total. The number of nitrogens with zero attached hydrogens (tertiary/aromatic N) is 2. The third kappa shape index (κ3) is 3.00. The Morgan fingerprint density at radius 2 is 2.29 bits per heavy atom. The van der Waals surface area contributed by atoms with Gasteiger partial charge >= 0.3 is 0 Å². The molecule has 5 nitrogen and oxygen atoms in total. The topological polar surface area (TPSA) is 70.7 Å². The number of nitrogens with one attached hydrogen (secondary N) is 2. The van der Waals surface area contributed by atoms with Crippen molar-refractivity contribution in [2.75, 3.05) is 11.5 Å². The van der Waals surface area contributed by atoms with Gasteiger partial charge in [-0.15, -0.1) is 5.10 Å². The highest BCUT2D eigenvalue weighted by molar-refractivity contribution is 7.99. The minimum Gasteiger partial charge on any atom is -0.346 e. The van der Waals surface area contributed by atoms with E-state index in [-0.39, 0.29) is 23.2 Å². The van der Waals surface area contributed by atoms with E-state index >= 15 is 0 Å². The molecule has 0 aliphatic carbocycles. The molecule has 1 fully saturated rings. The first-order valence-corrected chi connectivity index (χ1v) is 6.94. The lowest BCUT2D eigenvalue weighted by molar-refractivity contribution is 0.0931. The molecular weight excluding hydrogens is 236 g/mol. The van der Waals surface area contributed by atoms with Crippen molar-refractivity contribution in [2.24, 2.45) is 0 Å². The lowest BCUT2D eigenvalue weighted by Crippen LogP contribution is -2.35. The molecule has 6 heteroatoms. The summed E-state index contributed by atoms with van der Waals surface area (Å²) in [4.78, 5) is 16.1. The molecule has 0 radical (unpaired) electrons. The van der Waals surface area contributed by atoms with E-state index in [1.165, 1.54) is 0 Å². The summed E-state index contributed by atoms with van der Waals surface area (Å²) in [5.74, 6) is 2.91. The second-order valence-electron chi connectivity index (χ2n) is 5.29. The molecule has 0 saturated carbocycles. The van der Waals surface area contributed by atoms with Crippen molar-refractivity contribution in [2.45, 2.75) is 38.6 Å². The van der Waals surface area contributed by atoms with E-state index in [2.05, 4.69) is 20.5 Å². The fraction of sp³-hybridized carbons (Fsp3) is 0.727. The molecular formula is C11H18N4OS. The third-order valence-corrected chi connectivity index (χ3v) is 3.83. The minimum absolute atomic E-state index is 0.116. The number of aromatic nitrogens is 3. The molecule has 0 bridgehead atoms. The van der Waals surface area contributed by atoms with Crippen LogP contribution in [0.25, 0.3) is 0 Å². The fourth-order valence-electron chi connectivity index (χ4n) is 1.60. The van der Waals surface area contributed by atoms with E-state index in [0.29, 0.717) is 0 Å². The first-order chi connectivity index (χ1) is 7.97. The number of rotatable bonds is 2. The number of carbonyl (C=O) groups excluding carboxylic acids is 1. The van der Waals surface area contributed by atoms with Crippen molar-refractivity contribution in [3.8, 4) is 0 Å². The van der Waals surface area contributed by atoms with Gasteiger partial charge in [0, 0.05) is 17.2 Å². The fourth-order valence-corrected chi connectivity index (χ4v) is 2.75. The van der Waals surface area contributed by atoms with E-state index in [9.17, 15) is 4.79 Å². The van der Waals surface area contributed by atoms with Crippen molar-refractivity contribution >= 4 is 17.7 Å². The molecule has 0 spiro atoms. The first-order valence-electron chi connectivity index (χ1n) is 5.78. The molecule has 1 aromatic rings. The van der Waals surface area contributed by atoms with Crippen molar-refractivity contribution in [1.29, 1.82) is 0 Å². The van der Waals surface area contributed by atoms with Crippen LogP contribution in [-0.4, -0.2) is 38.6 Å². The van der Waals surface area contributed by atoms with Crippen molar-refractivity contribution in [3.05, 3.63) is 11.6 Å². The summed E-state index contributed by atoms with van der Waals surface area (Å²) >= 11 is 1.87. The smallest absolute Gasteiger partial charge is 0.291 e. The monoisotopic (exact) mass is 254 g/mol. The van der Waals surface area contributed by atoms with Crippen LogP contribution >= 0.6 is 11.8 Å². The van der Waals surface area contributed by atoms with Crippen LogP contribution in [-0.2, 0) is 5.41 Å². The number of amides is 1. The van der Waals surface area contributed by atoms with Gasteiger partial charge in [-0.3, -0.25) is 9.89 Å². The molecule has 2 heterocycles. The van der Waals surface area contributed by atoms with Gasteiger partial charge in [0.1, 0.15) is 5.82 Å². The number of carbonyl (C=O) groups is 1. The Labute approximate surface area is 105 Å². The average molecular weight is 254 g/mol. The summed E-state index contributed by atoms with van der Waals surface area (Å²) < 4.78 is 0. The highest BCUT2D eigenvalue weighted by Gasteiger charge is 2.23. The second kappa shape index (κ2) is 4.68. The summed E-state index contributed by atoms with van der Waals surface area (Å²) in [7, 11) is 0. The molecule has 1 saturated heterocycles. The van der Waals surface area contributed by atoms with Gasteiger partial charge in [0.05, 0.1) is 0 Å². The van der Waals surface area contributed by atoms with E-state index in [1.807, 2.05) is 32.5 Å². The molecule has 1 amide bonds. The quantitative estimate of drug-likeness (QED) is 0.835. The van der Waals surface area contributed by atoms with Gasteiger partial charge in [-0.2, -0.15) is 11.8 Å². The van der Waals surface area contributed by atoms with Crippen LogP contribution in [0, 0.1) is 0 Å². The van der Waals surface area contributed by atoms with E-state index in [0.717, 1.165) is 23.8 Å². The lowest BCUT2D eigenvalue weighted by Gasteiger charge is -2.13. The van der Waals surface area contributed by atoms with Gasteiger partial charge < -0.3 is 5.32 Å². The van der Waals surface area contributed by atoms with Gasteiger partial charge in [0.25, 0.3) is 5.91 Å². The molecule has 1 aliphatic heterocycles. The zero-order valence-corrected chi connectivity index (χ0v) is 11.2. The Balaban J connectivity index is 2.01. The summed E-state index contributed by atoms with van der Waals surface area (Å²) in [6.07, 6.45) is 1.03. The molecule has 1 atom stereocenters. The van der Waals surface area contributed by atoms with Crippen molar-refractivity contribution in [1.82, 2.24) is 20.5 Å². The second-order valence-corrected chi connectivity index (χ2v) is 6.44. The van der Waals surface area contributed by atoms with Crippen LogP contribution in [0.3, 0.4) is 0 Å². The summed E-state index contributed by atoms with van der Waals surface area (Å²) in [5, 5.41) is 9.75. The molecule has 0 aromatic carbocycles. The summed E-state index contributed by atoms with van der Waals surface area (Å²) in [5.41, 5.74) is -0.116. The van der Waals surface area contributed by atoms with Crippen LogP contribution < -0.4 is 5.32 Å². The normalized spacial score (nSPS) is 20.5. The maximum absolute atomic E-state index is 11.9. The van der Waals surface area contributed by atoms with Crippen molar-refractivity contribution < 1.29 is 4.79 Å². The summed E-state index contributed by atoms with van der Waals surface area (Å²) in [6.45, 7) is 6.09. The van der Waals surface area contributed by atoms with Crippen LogP contribution in [0.4, 0.5) is 0 Å². The largest absolute Gasteiger partial charge is 0.346 e. The standard InChI is InChI=1S/C11H18N4OS/c1-11(2,3)10-13-8(14-15-10)9(16)12-7-4-5-17-6-7/h7H,4-6H2,1-3H3,(H,12,16)(H,13,14,15). The molecule has 1 aromatic heterocycles. The first kappa shape index (κ1) is 12.4. The number of hydrogen-bond donors (Lipinski definition) is 2. The maximum Gasteiger partial charge on any atom is 0.291 e. The SMILES string of the molecule is CC(C)(C)c1nc(C(=O)NC2CCSC2)n[nH]1. The van der Waals surface area contributed by atoms with Crippen LogP contribution in [0.5, 0.6) is 0 Å².